The van der Waals surface area contributed by atoms with Crippen LogP contribution in [0.4, 0.5) is 5.82 Å². The number of hydrogen-bond acceptors (Lipinski definition) is 8. The number of aliphatic hydroxyl groups excluding tert-OH is 1. The highest BCUT2D eigenvalue weighted by Crippen LogP contribution is 2.25. The van der Waals surface area contributed by atoms with E-state index in [1.54, 1.807) is 30.8 Å². The minimum absolute atomic E-state index is 0.0112. The topological polar surface area (TPSA) is 128 Å². The first kappa shape index (κ1) is 24.5. The number of hydrogen-bond donors (Lipinski definition) is 2. The maximum absolute atomic E-state index is 13.1. The molecule has 0 aliphatic heterocycles. The zero-order chi connectivity index (χ0) is 24.3. The normalized spacial score (nSPS) is 13.2. The number of amides is 1. The summed E-state index contributed by atoms with van der Waals surface area (Å²) in [5.74, 6) is -0.266. The summed E-state index contributed by atoms with van der Waals surface area (Å²) >= 11 is 1.09. The summed E-state index contributed by atoms with van der Waals surface area (Å²) in [7, 11) is 1.27. The van der Waals surface area contributed by atoms with E-state index >= 15 is 0 Å². The summed E-state index contributed by atoms with van der Waals surface area (Å²) in [5, 5.41) is 16.9. The molecule has 2 heterocycles. The summed E-state index contributed by atoms with van der Waals surface area (Å²) in [6, 6.07) is 6.25. The van der Waals surface area contributed by atoms with E-state index in [9.17, 15) is 19.5 Å². The van der Waals surface area contributed by atoms with E-state index in [2.05, 4.69) is 15.4 Å². The fourth-order valence-corrected chi connectivity index (χ4v) is 4.14. The van der Waals surface area contributed by atoms with Crippen molar-refractivity contribution >= 4 is 40.4 Å². The molecule has 0 radical (unpaired) electrons. The van der Waals surface area contributed by atoms with Crippen LogP contribution < -0.4 is 10.9 Å². The van der Waals surface area contributed by atoms with Crippen molar-refractivity contribution < 1.29 is 19.4 Å². The minimum atomic E-state index is -0.805. The van der Waals surface area contributed by atoms with Crippen molar-refractivity contribution in [3.63, 3.8) is 0 Å². The van der Waals surface area contributed by atoms with E-state index in [-0.39, 0.29) is 34.8 Å². The Morgan fingerprint density at radius 3 is 2.58 bits per heavy atom. The van der Waals surface area contributed by atoms with E-state index in [4.69, 9.17) is 4.74 Å². The van der Waals surface area contributed by atoms with Gasteiger partial charge in [-0.2, -0.15) is 5.10 Å². The molecule has 11 heteroatoms. The van der Waals surface area contributed by atoms with Gasteiger partial charge in [0.1, 0.15) is 5.82 Å². The second-order valence-electron chi connectivity index (χ2n) is 7.89. The fraction of sp³-hybridized carbons (Fsp3) is 0.409. The number of aromatic nitrogens is 4. The molecule has 2 atom stereocenters. The molecule has 1 amide bonds. The number of nitrogens with zero attached hydrogens (tertiary/aromatic N) is 4. The molecule has 0 fully saturated rings. The van der Waals surface area contributed by atoms with Crippen molar-refractivity contribution in [1.82, 2.24) is 19.3 Å². The third-order valence-corrected chi connectivity index (χ3v) is 5.94. The average molecular weight is 474 g/mol. The number of ether oxygens (including phenoxy) is 1. The van der Waals surface area contributed by atoms with Crippen molar-refractivity contribution in [2.75, 3.05) is 12.4 Å². The summed E-state index contributed by atoms with van der Waals surface area (Å²) in [5.41, 5.74) is 0.192. The SMILES string of the molecule is COC(=O)c1ccc2c(=O)n(C[C@H](C)O)c(S[C@H](C)C(=O)Nc3ccnn3C(C)C)nc2c1. The number of aliphatic hydroxyl groups is 1. The van der Waals surface area contributed by atoms with Crippen LogP contribution in [0.2, 0.25) is 0 Å². The quantitative estimate of drug-likeness (QED) is 0.290. The molecular formula is C22H27N5O5S. The smallest absolute Gasteiger partial charge is 0.337 e. The van der Waals surface area contributed by atoms with Crippen LogP contribution in [0.3, 0.4) is 0 Å². The van der Waals surface area contributed by atoms with Crippen molar-refractivity contribution in [1.29, 1.82) is 0 Å². The van der Waals surface area contributed by atoms with Gasteiger partial charge < -0.3 is 15.2 Å². The number of fused-ring (bicyclic) bond motifs is 1. The average Bonchev–Trinajstić information content (AvgIpc) is 3.23. The molecular weight excluding hydrogens is 446 g/mol. The number of methoxy groups -OCH3 is 1. The van der Waals surface area contributed by atoms with Gasteiger partial charge in [-0.05, 0) is 45.9 Å². The van der Waals surface area contributed by atoms with Gasteiger partial charge in [0.05, 0.1) is 47.7 Å². The molecule has 2 aromatic heterocycles. The van der Waals surface area contributed by atoms with E-state index in [1.807, 2.05) is 13.8 Å². The molecule has 33 heavy (non-hydrogen) atoms. The number of benzene rings is 1. The lowest BCUT2D eigenvalue weighted by molar-refractivity contribution is -0.115. The highest BCUT2D eigenvalue weighted by atomic mass is 32.2. The van der Waals surface area contributed by atoms with Crippen LogP contribution in [0.1, 0.15) is 44.1 Å². The minimum Gasteiger partial charge on any atom is -0.465 e. The molecule has 0 aliphatic carbocycles. The van der Waals surface area contributed by atoms with Crippen molar-refractivity contribution in [3.8, 4) is 0 Å². The molecule has 176 valence electrons. The molecule has 0 bridgehead atoms. The Labute approximate surface area is 195 Å². The van der Waals surface area contributed by atoms with E-state index in [1.165, 1.54) is 29.9 Å². The molecule has 3 aromatic rings. The highest BCUT2D eigenvalue weighted by molar-refractivity contribution is 8.00. The van der Waals surface area contributed by atoms with Crippen LogP contribution >= 0.6 is 11.8 Å². The summed E-state index contributed by atoms with van der Waals surface area (Å²) in [6.07, 6.45) is 0.803. The van der Waals surface area contributed by atoms with Gasteiger partial charge in [0.15, 0.2) is 5.16 Å². The molecule has 0 aliphatic rings. The largest absolute Gasteiger partial charge is 0.465 e. The molecule has 0 spiro atoms. The van der Waals surface area contributed by atoms with Crippen LogP contribution in [0, 0.1) is 0 Å². The van der Waals surface area contributed by atoms with Crippen LogP contribution in [0.15, 0.2) is 40.4 Å². The van der Waals surface area contributed by atoms with Gasteiger partial charge in [-0.25, -0.2) is 14.5 Å². The number of rotatable bonds is 8. The Kier molecular flexibility index (Phi) is 7.54. The molecule has 0 saturated carbocycles. The lowest BCUT2D eigenvalue weighted by Crippen LogP contribution is -2.30. The van der Waals surface area contributed by atoms with Crippen molar-refractivity contribution in [2.45, 2.75) is 56.8 Å². The van der Waals surface area contributed by atoms with Gasteiger partial charge in [0.25, 0.3) is 5.56 Å². The zero-order valence-electron chi connectivity index (χ0n) is 19.1. The Bertz CT molecular complexity index is 1230. The first-order chi connectivity index (χ1) is 15.6. The summed E-state index contributed by atoms with van der Waals surface area (Å²) < 4.78 is 7.79. The lowest BCUT2D eigenvalue weighted by atomic mass is 10.1. The summed E-state index contributed by atoms with van der Waals surface area (Å²) in [4.78, 5) is 42.4. The van der Waals surface area contributed by atoms with Gasteiger partial charge in [0.2, 0.25) is 5.91 Å². The molecule has 0 saturated heterocycles. The van der Waals surface area contributed by atoms with Crippen LogP contribution in [0.25, 0.3) is 10.9 Å². The Hall–Kier alpha value is -3.18. The number of thioether (sulfide) groups is 1. The van der Waals surface area contributed by atoms with Crippen LogP contribution in [-0.4, -0.2) is 54.8 Å². The number of nitrogens with one attached hydrogen (secondary N) is 1. The van der Waals surface area contributed by atoms with Gasteiger partial charge in [-0.15, -0.1) is 0 Å². The third-order valence-electron chi connectivity index (χ3n) is 4.85. The zero-order valence-corrected chi connectivity index (χ0v) is 19.9. The number of carbonyl (C=O) groups is 2. The lowest BCUT2D eigenvalue weighted by Gasteiger charge is -2.18. The van der Waals surface area contributed by atoms with E-state index in [0.29, 0.717) is 16.7 Å². The van der Waals surface area contributed by atoms with Crippen molar-refractivity contribution in [2.24, 2.45) is 0 Å². The number of anilines is 1. The van der Waals surface area contributed by atoms with E-state index < -0.39 is 17.3 Å². The monoisotopic (exact) mass is 473 g/mol. The molecule has 2 N–H and O–H groups in total. The number of esters is 1. The number of carbonyl (C=O) groups excluding carboxylic acids is 2. The first-order valence-corrected chi connectivity index (χ1v) is 11.3. The first-order valence-electron chi connectivity index (χ1n) is 10.4. The van der Waals surface area contributed by atoms with Gasteiger partial charge in [0, 0.05) is 12.1 Å². The van der Waals surface area contributed by atoms with Crippen LogP contribution in [-0.2, 0) is 16.1 Å². The molecule has 1 aromatic carbocycles. The Balaban J connectivity index is 1.96. The predicted octanol–water partition coefficient (Wildman–Crippen LogP) is 2.46. The Morgan fingerprint density at radius 1 is 1.21 bits per heavy atom. The highest BCUT2D eigenvalue weighted by Gasteiger charge is 2.22. The Morgan fingerprint density at radius 2 is 1.94 bits per heavy atom. The van der Waals surface area contributed by atoms with Gasteiger partial charge >= 0.3 is 5.97 Å². The molecule has 3 rings (SSSR count). The molecule has 10 nitrogen and oxygen atoms in total. The molecule has 0 unspecified atom stereocenters. The van der Waals surface area contributed by atoms with Crippen LogP contribution in [0.5, 0.6) is 0 Å². The van der Waals surface area contributed by atoms with E-state index in [0.717, 1.165) is 11.8 Å². The van der Waals surface area contributed by atoms with Gasteiger partial charge in [-0.3, -0.25) is 14.2 Å². The maximum atomic E-state index is 13.1. The predicted molar refractivity (Wildman–Crippen MR) is 126 cm³/mol. The second kappa shape index (κ2) is 10.2. The van der Waals surface area contributed by atoms with Crippen molar-refractivity contribution in [3.05, 3.63) is 46.4 Å². The fourth-order valence-electron chi connectivity index (χ4n) is 3.22. The standard InChI is InChI=1S/C22H27N5O5S/c1-12(2)27-18(8-9-23-27)25-19(29)14(4)33-22-24-17-10-15(21(31)32-5)6-7-16(17)20(30)26(22)11-13(3)28/h6-10,12-14,28H,11H2,1-5H3,(H,25,29)/t13-,14+/m0/s1. The maximum Gasteiger partial charge on any atom is 0.337 e. The van der Waals surface area contributed by atoms with Gasteiger partial charge in [-0.1, -0.05) is 11.8 Å². The second-order valence-corrected chi connectivity index (χ2v) is 9.19. The third kappa shape index (κ3) is 5.42. The summed E-state index contributed by atoms with van der Waals surface area (Å²) in [6.45, 7) is 7.18.